The minimum absolute atomic E-state index is 0.246. The van der Waals surface area contributed by atoms with E-state index in [4.69, 9.17) is 16.1 Å². The molecule has 1 aliphatic rings. The number of hydrogen-bond acceptors (Lipinski definition) is 4. The van der Waals surface area contributed by atoms with Crippen LogP contribution in [0.5, 0.6) is 0 Å². The van der Waals surface area contributed by atoms with Gasteiger partial charge in [-0.1, -0.05) is 0 Å². The van der Waals surface area contributed by atoms with Gasteiger partial charge in [-0.15, -0.1) is 0 Å². The van der Waals surface area contributed by atoms with Gasteiger partial charge in [0.25, 0.3) is 0 Å². The summed E-state index contributed by atoms with van der Waals surface area (Å²) in [5.41, 5.74) is 7.89. The van der Waals surface area contributed by atoms with E-state index in [-0.39, 0.29) is 6.61 Å². The van der Waals surface area contributed by atoms with Crippen LogP contribution in [0.4, 0.5) is 11.4 Å². The van der Waals surface area contributed by atoms with E-state index in [2.05, 4.69) is 11.0 Å². The Hall–Kier alpha value is -1.73. The zero-order valence-corrected chi connectivity index (χ0v) is 10.5. The summed E-state index contributed by atoms with van der Waals surface area (Å²) >= 11 is 0. The first-order valence-electron chi connectivity index (χ1n) is 6.43. The minimum Gasteiger partial charge on any atom is -0.398 e. The molecule has 0 saturated carbocycles. The molecule has 1 unspecified atom stereocenters. The van der Waals surface area contributed by atoms with E-state index in [1.807, 2.05) is 12.1 Å². The second kappa shape index (κ2) is 5.74. The van der Waals surface area contributed by atoms with E-state index in [0.29, 0.717) is 17.3 Å². The highest BCUT2D eigenvalue weighted by atomic mass is 16.2. The molecule has 1 aromatic carbocycles. The van der Waals surface area contributed by atoms with Gasteiger partial charge in [0.1, 0.15) is 6.07 Å². The van der Waals surface area contributed by atoms with Gasteiger partial charge in [0.2, 0.25) is 0 Å². The summed E-state index contributed by atoms with van der Waals surface area (Å²) in [7, 11) is 0. The van der Waals surface area contributed by atoms with Crippen LogP contribution in [0.15, 0.2) is 18.2 Å². The molecule has 1 fully saturated rings. The van der Waals surface area contributed by atoms with Crippen molar-refractivity contribution in [2.24, 2.45) is 0 Å². The van der Waals surface area contributed by atoms with Crippen molar-refractivity contribution in [1.82, 2.24) is 0 Å². The summed E-state index contributed by atoms with van der Waals surface area (Å²) in [6.07, 6.45) is 4.17. The molecule has 1 saturated heterocycles. The van der Waals surface area contributed by atoms with Crippen LogP contribution in [-0.2, 0) is 0 Å². The Bertz CT molecular complexity index is 453. The lowest BCUT2D eigenvalue weighted by molar-refractivity contribution is 0.279. The SMILES string of the molecule is N#Cc1cc(N2CCCC2CCCO)ccc1N. The number of rotatable bonds is 4. The highest BCUT2D eigenvalue weighted by Gasteiger charge is 2.24. The Morgan fingerprint density at radius 2 is 2.33 bits per heavy atom. The van der Waals surface area contributed by atoms with Crippen molar-refractivity contribution in [2.45, 2.75) is 31.7 Å². The molecule has 3 N–H and O–H groups in total. The van der Waals surface area contributed by atoms with Gasteiger partial charge in [0.15, 0.2) is 0 Å². The van der Waals surface area contributed by atoms with Crippen molar-refractivity contribution < 1.29 is 5.11 Å². The predicted molar refractivity (Wildman–Crippen MR) is 72.3 cm³/mol. The molecule has 0 radical (unpaired) electrons. The number of anilines is 2. The van der Waals surface area contributed by atoms with E-state index in [1.165, 1.54) is 6.42 Å². The second-order valence-corrected chi connectivity index (χ2v) is 4.74. The molecular formula is C14H19N3O. The van der Waals surface area contributed by atoms with Gasteiger partial charge in [-0.3, -0.25) is 0 Å². The van der Waals surface area contributed by atoms with Crippen molar-refractivity contribution in [3.63, 3.8) is 0 Å². The molecule has 4 heteroatoms. The maximum Gasteiger partial charge on any atom is 0.101 e. The number of nitrogens with two attached hydrogens (primary N) is 1. The summed E-state index contributed by atoms with van der Waals surface area (Å²) in [5.74, 6) is 0. The lowest BCUT2D eigenvalue weighted by Gasteiger charge is -2.27. The fraction of sp³-hybridized carbons (Fsp3) is 0.500. The lowest BCUT2D eigenvalue weighted by atomic mass is 10.1. The average molecular weight is 245 g/mol. The summed E-state index contributed by atoms with van der Waals surface area (Å²) < 4.78 is 0. The first-order chi connectivity index (χ1) is 8.76. The molecule has 1 atom stereocenters. The molecule has 1 heterocycles. The monoisotopic (exact) mass is 245 g/mol. The van der Waals surface area contributed by atoms with Crippen molar-refractivity contribution in [3.8, 4) is 6.07 Å². The Labute approximate surface area is 108 Å². The average Bonchev–Trinajstić information content (AvgIpc) is 2.85. The smallest absolute Gasteiger partial charge is 0.101 e. The van der Waals surface area contributed by atoms with Gasteiger partial charge < -0.3 is 15.7 Å². The Morgan fingerprint density at radius 3 is 3.06 bits per heavy atom. The Morgan fingerprint density at radius 1 is 1.50 bits per heavy atom. The normalized spacial score (nSPS) is 18.9. The summed E-state index contributed by atoms with van der Waals surface area (Å²) in [6, 6.07) is 8.25. The third-order valence-electron chi connectivity index (χ3n) is 3.56. The third kappa shape index (κ3) is 2.57. The molecule has 0 aromatic heterocycles. The fourth-order valence-electron chi connectivity index (χ4n) is 2.62. The quantitative estimate of drug-likeness (QED) is 0.794. The molecule has 2 rings (SSSR count). The molecule has 0 spiro atoms. The van der Waals surface area contributed by atoms with Gasteiger partial charge >= 0.3 is 0 Å². The molecule has 0 amide bonds. The Balaban J connectivity index is 2.17. The first-order valence-corrected chi connectivity index (χ1v) is 6.43. The van der Waals surface area contributed by atoms with Crippen molar-refractivity contribution in [3.05, 3.63) is 23.8 Å². The molecule has 1 aliphatic heterocycles. The fourth-order valence-corrected chi connectivity index (χ4v) is 2.62. The topological polar surface area (TPSA) is 73.3 Å². The molecular weight excluding hydrogens is 226 g/mol. The van der Waals surface area contributed by atoms with E-state index >= 15 is 0 Å². The Kier molecular flexibility index (Phi) is 4.06. The number of nitrogens with zero attached hydrogens (tertiary/aromatic N) is 2. The van der Waals surface area contributed by atoms with E-state index < -0.39 is 0 Å². The zero-order valence-electron chi connectivity index (χ0n) is 10.5. The molecule has 0 bridgehead atoms. The van der Waals surface area contributed by atoms with Crippen LogP contribution in [0, 0.1) is 11.3 Å². The number of nitriles is 1. The maximum atomic E-state index is 9.01. The van der Waals surface area contributed by atoms with Crippen molar-refractivity contribution in [2.75, 3.05) is 23.8 Å². The third-order valence-corrected chi connectivity index (χ3v) is 3.56. The standard InChI is InChI=1S/C14H19N3O/c15-10-11-9-13(5-6-14(11)16)17-7-1-3-12(17)4-2-8-18/h5-6,9,12,18H,1-4,7-8,16H2. The highest BCUT2D eigenvalue weighted by Crippen LogP contribution is 2.29. The molecule has 18 heavy (non-hydrogen) atoms. The number of benzene rings is 1. The molecule has 96 valence electrons. The molecule has 1 aromatic rings. The number of aliphatic hydroxyl groups is 1. The van der Waals surface area contributed by atoms with Crippen LogP contribution in [0.3, 0.4) is 0 Å². The number of nitrogen functional groups attached to an aromatic ring is 1. The van der Waals surface area contributed by atoms with Gasteiger partial charge in [-0.2, -0.15) is 5.26 Å². The van der Waals surface area contributed by atoms with Crippen molar-refractivity contribution in [1.29, 1.82) is 5.26 Å². The summed E-state index contributed by atoms with van der Waals surface area (Å²) in [6.45, 7) is 1.26. The van der Waals surface area contributed by atoms with Gasteiger partial charge in [0.05, 0.1) is 5.56 Å². The van der Waals surface area contributed by atoms with Crippen LogP contribution in [-0.4, -0.2) is 24.3 Å². The van der Waals surface area contributed by atoms with E-state index in [9.17, 15) is 0 Å². The van der Waals surface area contributed by atoms with E-state index in [1.54, 1.807) is 6.07 Å². The number of aliphatic hydroxyl groups excluding tert-OH is 1. The van der Waals surface area contributed by atoms with Crippen molar-refractivity contribution >= 4 is 11.4 Å². The van der Waals surface area contributed by atoms with Crippen LogP contribution in [0.1, 0.15) is 31.2 Å². The van der Waals surface area contributed by atoms with Gasteiger partial charge in [0, 0.05) is 30.6 Å². The second-order valence-electron chi connectivity index (χ2n) is 4.74. The summed E-state index contributed by atoms with van der Waals surface area (Å²) in [4.78, 5) is 2.33. The van der Waals surface area contributed by atoms with E-state index in [0.717, 1.165) is 31.5 Å². The highest BCUT2D eigenvalue weighted by molar-refractivity contribution is 5.63. The van der Waals surface area contributed by atoms with Crippen LogP contribution in [0.25, 0.3) is 0 Å². The number of hydrogen-bond donors (Lipinski definition) is 2. The van der Waals surface area contributed by atoms with Gasteiger partial charge in [-0.05, 0) is 43.9 Å². The minimum atomic E-state index is 0.246. The maximum absolute atomic E-state index is 9.01. The summed E-state index contributed by atoms with van der Waals surface area (Å²) in [5, 5.41) is 17.9. The largest absolute Gasteiger partial charge is 0.398 e. The lowest BCUT2D eigenvalue weighted by Crippen LogP contribution is -2.29. The van der Waals surface area contributed by atoms with Crippen LogP contribution in [0.2, 0.25) is 0 Å². The zero-order chi connectivity index (χ0) is 13.0. The first kappa shape index (κ1) is 12.7. The predicted octanol–water partition coefficient (Wildman–Crippen LogP) is 1.88. The molecule has 4 nitrogen and oxygen atoms in total. The van der Waals surface area contributed by atoms with Gasteiger partial charge in [-0.25, -0.2) is 0 Å². The van der Waals surface area contributed by atoms with Crippen LogP contribution < -0.4 is 10.6 Å². The molecule has 0 aliphatic carbocycles. The van der Waals surface area contributed by atoms with Crippen LogP contribution >= 0.6 is 0 Å².